The van der Waals surface area contributed by atoms with Gasteiger partial charge in [0.15, 0.2) is 17.3 Å². The molecule has 2 aromatic rings. The van der Waals surface area contributed by atoms with Gasteiger partial charge in [-0.2, -0.15) is 0 Å². The fourth-order valence-corrected chi connectivity index (χ4v) is 2.49. The molecule has 6 heteroatoms. The highest BCUT2D eigenvalue weighted by Crippen LogP contribution is 2.37. The van der Waals surface area contributed by atoms with Crippen molar-refractivity contribution in [2.24, 2.45) is 5.92 Å². The molecule has 0 unspecified atom stereocenters. The van der Waals surface area contributed by atoms with Gasteiger partial charge >= 0.3 is 5.97 Å². The first-order valence-electron chi connectivity index (χ1n) is 7.65. The van der Waals surface area contributed by atoms with E-state index < -0.39 is 5.97 Å². The van der Waals surface area contributed by atoms with Gasteiger partial charge in [0.2, 0.25) is 6.79 Å². The Morgan fingerprint density at radius 1 is 1.30 bits per heavy atom. The maximum absolute atomic E-state index is 12.4. The highest BCUT2D eigenvalue weighted by Gasteiger charge is 2.26. The first-order chi connectivity index (χ1) is 11.1. The average molecular weight is 317 g/mol. The summed E-state index contributed by atoms with van der Waals surface area (Å²) in [6.45, 7) is 6.37. The molecule has 2 heterocycles. The van der Waals surface area contributed by atoms with Crippen molar-refractivity contribution in [3.63, 3.8) is 0 Å². The minimum atomic E-state index is -0.419. The molecule has 0 radical (unpaired) electrons. The summed E-state index contributed by atoms with van der Waals surface area (Å²) in [5.41, 5.74) is 1.59. The lowest BCUT2D eigenvalue weighted by molar-refractivity contribution is 0.0524. The van der Waals surface area contributed by atoms with E-state index >= 15 is 0 Å². The molecule has 0 saturated heterocycles. The van der Waals surface area contributed by atoms with E-state index in [9.17, 15) is 4.79 Å². The minimum absolute atomic E-state index is 0.195. The molecule has 23 heavy (non-hydrogen) atoms. The third-order valence-electron chi connectivity index (χ3n) is 3.48. The van der Waals surface area contributed by atoms with E-state index in [1.165, 1.54) is 0 Å². The van der Waals surface area contributed by atoms with Crippen LogP contribution in [0.15, 0.2) is 22.7 Å². The molecule has 3 rings (SSSR count). The summed E-state index contributed by atoms with van der Waals surface area (Å²) >= 11 is 0. The Balaban J connectivity index is 2.04. The smallest absolute Gasteiger partial charge is 0.344 e. The quantitative estimate of drug-likeness (QED) is 0.787. The molecule has 0 N–H and O–H groups in total. The first kappa shape index (κ1) is 15.4. The molecule has 122 valence electrons. The molecule has 6 nitrogen and oxygen atoms in total. The zero-order valence-electron chi connectivity index (χ0n) is 13.4. The lowest BCUT2D eigenvalue weighted by Crippen LogP contribution is -2.09. The molecular formula is C17H19NO5. The van der Waals surface area contributed by atoms with Crippen molar-refractivity contribution >= 4 is 5.97 Å². The van der Waals surface area contributed by atoms with Crippen LogP contribution >= 0.6 is 0 Å². The van der Waals surface area contributed by atoms with Gasteiger partial charge in [-0.3, -0.25) is 0 Å². The van der Waals surface area contributed by atoms with Crippen molar-refractivity contribution in [2.45, 2.75) is 27.2 Å². The number of hydrogen-bond donors (Lipinski definition) is 0. The summed E-state index contributed by atoms with van der Waals surface area (Å²) in [6, 6.07) is 5.42. The van der Waals surface area contributed by atoms with Crippen LogP contribution in [0, 0.1) is 5.92 Å². The van der Waals surface area contributed by atoms with Crippen LogP contribution < -0.4 is 9.47 Å². The summed E-state index contributed by atoms with van der Waals surface area (Å²) < 4.78 is 21.3. The standard InChI is InChI=1S/C17H19NO5/c1-4-20-17(19)15-14(7-10(2)3)23-18-16(15)11-5-6-12-13(8-11)22-9-21-12/h5-6,8,10H,4,7,9H2,1-3H3. The van der Waals surface area contributed by atoms with Crippen LogP contribution in [-0.2, 0) is 11.2 Å². The molecule has 0 fully saturated rings. The van der Waals surface area contributed by atoms with E-state index in [0.717, 1.165) is 5.56 Å². The molecule has 0 amide bonds. The number of ether oxygens (including phenoxy) is 3. The van der Waals surface area contributed by atoms with Gasteiger partial charge in [-0.15, -0.1) is 0 Å². The summed E-state index contributed by atoms with van der Waals surface area (Å²) in [6.07, 6.45) is 0.617. The molecule has 1 aliphatic heterocycles. The molecule has 1 aromatic carbocycles. The monoisotopic (exact) mass is 317 g/mol. The Morgan fingerprint density at radius 3 is 2.83 bits per heavy atom. The van der Waals surface area contributed by atoms with Crippen LogP contribution in [0.25, 0.3) is 11.3 Å². The fourth-order valence-electron chi connectivity index (χ4n) is 2.49. The predicted molar refractivity (Wildman–Crippen MR) is 82.6 cm³/mol. The maximum Gasteiger partial charge on any atom is 0.344 e. The van der Waals surface area contributed by atoms with E-state index in [0.29, 0.717) is 47.5 Å². The lowest BCUT2D eigenvalue weighted by Gasteiger charge is -2.06. The number of hydrogen-bond acceptors (Lipinski definition) is 6. The zero-order chi connectivity index (χ0) is 16.4. The molecule has 0 bridgehead atoms. The fraction of sp³-hybridized carbons (Fsp3) is 0.412. The first-order valence-corrected chi connectivity index (χ1v) is 7.65. The Bertz CT molecular complexity index is 720. The van der Waals surface area contributed by atoms with Crippen LogP contribution in [0.1, 0.15) is 36.9 Å². The SMILES string of the molecule is CCOC(=O)c1c(-c2ccc3c(c2)OCO3)noc1CC(C)C. The van der Waals surface area contributed by atoms with Crippen molar-refractivity contribution in [2.75, 3.05) is 13.4 Å². The molecule has 1 aliphatic rings. The average Bonchev–Trinajstić information content (AvgIpc) is 3.12. The minimum Gasteiger partial charge on any atom is -0.462 e. The predicted octanol–water partition coefficient (Wildman–Crippen LogP) is 3.45. The van der Waals surface area contributed by atoms with E-state index in [1.54, 1.807) is 19.1 Å². The summed E-state index contributed by atoms with van der Waals surface area (Å²) in [5, 5.41) is 4.10. The van der Waals surface area contributed by atoms with Crippen LogP contribution in [0.4, 0.5) is 0 Å². The maximum atomic E-state index is 12.4. The summed E-state index contributed by atoms with van der Waals surface area (Å²) in [5.74, 6) is 1.77. The van der Waals surface area contributed by atoms with Gasteiger partial charge in [0.1, 0.15) is 11.3 Å². The number of benzene rings is 1. The van der Waals surface area contributed by atoms with Crippen LogP contribution in [-0.4, -0.2) is 24.5 Å². The van der Waals surface area contributed by atoms with E-state index in [4.69, 9.17) is 18.7 Å². The second-order valence-electron chi connectivity index (χ2n) is 5.72. The van der Waals surface area contributed by atoms with E-state index in [1.807, 2.05) is 6.07 Å². The molecule has 0 aliphatic carbocycles. The lowest BCUT2D eigenvalue weighted by atomic mass is 10.0. The molecule has 0 atom stereocenters. The Labute approximate surface area is 134 Å². The van der Waals surface area contributed by atoms with Gasteiger partial charge in [-0.1, -0.05) is 19.0 Å². The molecule has 1 aromatic heterocycles. The van der Waals surface area contributed by atoms with E-state index in [-0.39, 0.29) is 6.79 Å². The number of esters is 1. The number of carbonyl (C=O) groups excluding carboxylic acids is 1. The Hall–Kier alpha value is -2.50. The molecule has 0 saturated carbocycles. The second kappa shape index (κ2) is 6.32. The summed E-state index contributed by atoms with van der Waals surface area (Å²) in [4.78, 5) is 12.4. The number of rotatable bonds is 5. The normalized spacial score (nSPS) is 12.7. The van der Waals surface area contributed by atoms with Crippen molar-refractivity contribution < 1.29 is 23.5 Å². The Morgan fingerprint density at radius 2 is 2.09 bits per heavy atom. The number of aromatic nitrogens is 1. The zero-order valence-corrected chi connectivity index (χ0v) is 13.4. The van der Waals surface area contributed by atoms with Gasteiger partial charge in [-0.05, 0) is 31.0 Å². The van der Waals surface area contributed by atoms with Crippen LogP contribution in [0.5, 0.6) is 11.5 Å². The van der Waals surface area contributed by atoms with Crippen molar-refractivity contribution in [3.05, 3.63) is 29.5 Å². The number of nitrogens with zero attached hydrogens (tertiary/aromatic N) is 1. The molecular weight excluding hydrogens is 298 g/mol. The Kier molecular flexibility index (Phi) is 4.23. The third-order valence-corrected chi connectivity index (χ3v) is 3.48. The number of carbonyl (C=O) groups is 1. The number of fused-ring (bicyclic) bond motifs is 1. The van der Waals surface area contributed by atoms with Gasteiger partial charge in [-0.25, -0.2) is 4.79 Å². The van der Waals surface area contributed by atoms with Crippen molar-refractivity contribution in [1.29, 1.82) is 0 Å². The second-order valence-corrected chi connectivity index (χ2v) is 5.72. The summed E-state index contributed by atoms with van der Waals surface area (Å²) in [7, 11) is 0. The highest BCUT2D eigenvalue weighted by molar-refractivity contribution is 5.97. The van der Waals surface area contributed by atoms with Crippen LogP contribution in [0.3, 0.4) is 0 Å². The van der Waals surface area contributed by atoms with Gasteiger partial charge < -0.3 is 18.7 Å². The largest absolute Gasteiger partial charge is 0.462 e. The van der Waals surface area contributed by atoms with Crippen molar-refractivity contribution in [3.8, 4) is 22.8 Å². The highest BCUT2D eigenvalue weighted by atomic mass is 16.7. The van der Waals surface area contributed by atoms with Gasteiger partial charge in [0.05, 0.1) is 6.61 Å². The third kappa shape index (κ3) is 3.02. The van der Waals surface area contributed by atoms with E-state index in [2.05, 4.69) is 19.0 Å². The molecule has 0 spiro atoms. The van der Waals surface area contributed by atoms with Gasteiger partial charge in [0, 0.05) is 12.0 Å². The van der Waals surface area contributed by atoms with Crippen LogP contribution in [0.2, 0.25) is 0 Å². The van der Waals surface area contributed by atoms with Gasteiger partial charge in [0.25, 0.3) is 0 Å². The topological polar surface area (TPSA) is 70.8 Å². The van der Waals surface area contributed by atoms with Crippen molar-refractivity contribution in [1.82, 2.24) is 5.16 Å².